The third-order valence-electron chi connectivity index (χ3n) is 2.52. The van der Waals surface area contributed by atoms with Crippen LogP contribution in [0.3, 0.4) is 0 Å². The van der Waals surface area contributed by atoms with E-state index >= 15 is 0 Å². The molecular formula is C9H17N3. The minimum absolute atomic E-state index is 0.605. The molecule has 2 aliphatic heterocycles. The molecule has 0 aromatic carbocycles. The zero-order valence-electron chi connectivity index (χ0n) is 7.85. The molecule has 0 bridgehead atoms. The number of rotatable bonds is 1. The van der Waals surface area contributed by atoms with Gasteiger partial charge in [-0.15, -0.1) is 0 Å². The van der Waals surface area contributed by atoms with E-state index in [-0.39, 0.29) is 0 Å². The van der Waals surface area contributed by atoms with Gasteiger partial charge in [0.1, 0.15) is 5.82 Å². The van der Waals surface area contributed by atoms with Gasteiger partial charge in [0.25, 0.3) is 0 Å². The summed E-state index contributed by atoms with van der Waals surface area (Å²) in [6.45, 7) is 9.00. The second-order valence-electron chi connectivity index (χ2n) is 3.76. The smallest absolute Gasteiger partial charge is 0.121 e. The van der Waals surface area contributed by atoms with Crippen molar-refractivity contribution in [2.24, 2.45) is 5.92 Å². The van der Waals surface area contributed by atoms with Crippen LogP contribution >= 0.6 is 0 Å². The number of nitrogens with zero attached hydrogens (tertiary/aromatic N) is 1. The van der Waals surface area contributed by atoms with E-state index in [4.69, 9.17) is 0 Å². The fraction of sp³-hybridized carbons (Fsp3) is 0.778. The fourth-order valence-electron chi connectivity index (χ4n) is 1.91. The zero-order valence-corrected chi connectivity index (χ0v) is 7.85. The molecule has 1 fully saturated rings. The highest BCUT2D eigenvalue weighted by Crippen LogP contribution is 2.19. The molecular weight excluding hydrogens is 150 g/mol. The molecule has 0 aliphatic carbocycles. The predicted octanol–water partition coefficient (Wildman–Crippen LogP) is 0.320. The maximum absolute atomic E-state index is 3.47. The van der Waals surface area contributed by atoms with E-state index in [9.17, 15) is 0 Å². The highest BCUT2D eigenvalue weighted by atomic mass is 15.3. The van der Waals surface area contributed by atoms with Crippen molar-refractivity contribution in [2.75, 3.05) is 26.2 Å². The van der Waals surface area contributed by atoms with E-state index in [1.54, 1.807) is 0 Å². The first-order valence-corrected chi connectivity index (χ1v) is 4.76. The van der Waals surface area contributed by atoms with Crippen molar-refractivity contribution in [3.63, 3.8) is 0 Å². The summed E-state index contributed by atoms with van der Waals surface area (Å²) in [7, 11) is 0. The van der Waals surface area contributed by atoms with Crippen LogP contribution in [0.1, 0.15) is 13.8 Å². The van der Waals surface area contributed by atoms with Crippen LogP contribution in [0.4, 0.5) is 0 Å². The van der Waals surface area contributed by atoms with Gasteiger partial charge in [0, 0.05) is 26.2 Å². The van der Waals surface area contributed by atoms with Crippen molar-refractivity contribution >= 4 is 0 Å². The summed E-state index contributed by atoms with van der Waals surface area (Å²) >= 11 is 0. The summed E-state index contributed by atoms with van der Waals surface area (Å²) in [6.07, 6.45) is 0. The SMILES string of the molecule is CC(C)C1=C2NCCN2CCN1. The highest BCUT2D eigenvalue weighted by Gasteiger charge is 2.24. The number of allylic oxidation sites excluding steroid dienone is 1. The standard InChI is InChI=1S/C9H17N3/c1-7(2)8-9-11-4-6-12(9)5-3-10-8/h7,10-11H,3-6H2,1-2H3. The van der Waals surface area contributed by atoms with Gasteiger partial charge >= 0.3 is 0 Å². The molecule has 1 saturated heterocycles. The van der Waals surface area contributed by atoms with Crippen LogP contribution in [0.2, 0.25) is 0 Å². The summed E-state index contributed by atoms with van der Waals surface area (Å²) in [6, 6.07) is 0. The molecule has 2 aliphatic rings. The molecule has 0 unspecified atom stereocenters. The van der Waals surface area contributed by atoms with Crippen molar-refractivity contribution in [1.29, 1.82) is 0 Å². The van der Waals surface area contributed by atoms with Crippen molar-refractivity contribution in [2.45, 2.75) is 13.8 Å². The highest BCUT2D eigenvalue weighted by molar-refractivity contribution is 5.17. The van der Waals surface area contributed by atoms with Gasteiger partial charge in [-0.25, -0.2) is 0 Å². The van der Waals surface area contributed by atoms with Crippen molar-refractivity contribution in [3.8, 4) is 0 Å². The second kappa shape index (κ2) is 2.88. The van der Waals surface area contributed by atoms with Crippen LogP contribution in [-0.2, 0) is 0 Å². The third-order valence-corrected chi connectivity index (χ3v) is 2.52. The van der Waals surface area contributed by atoms with Crippen LogP contribution < -0.4 is 10.6 Å². The lowest BCUT2D eigenvalue weighted by atomic mass is 10.1. The van der Waals surface area contributed by atoms with Crippen LogP contribution in [-0.4, -0.2) is 31.1 Å². The summed E-state index contributed by atoms with van der Waals surface area (Å²) in [5, 5.41) is 6.90. The maximum atomic E-state index is 3.47. The summed E-state index contributed by atoms with van der Waals surface area (Å²) in [5.74, 6) is 1.95. The Hall–Kier alpha value is -0.860. The van der Waals surface area contributed by atoms with Gasteiger partial charge in [0.05, 0.1) is 5.70 Å². The zero-order chi connectivity index (χ0) is 8.55. The molecule has 2 heterocycles. The molecule has 0 aromatic rings. The Morgan fingerprint density at radius 1 is 1.17 bits per heavy atom. The third kappa shape index (κ3) is 1.13. The number of fused-ring (bicyclic) bond motifs is 1. The van der Waals surface area contributed by atoms with Crippen molar-refractivity contribution < 1.29 is 0 Å². The quantitative estimate of drug-likeness (QED) is 0.589. The molecule has 12 heavy (non-hydrogen) atoms. The molecule has 2 N–H and O–H groups in total. The largest absolute Gasteiger partial charge is 0.383 e. The average molecular weight is 167 g/mol. The maximum Gasteiger partial charge on any atom is 0.121 e. The lowest BCUT2D eigenvalue weighted by Crippen LogP contribution is -2.39. The minimum Gasteiger partial charge on any atom is -0.383 e. The van der Waals surface area contributed by atoms with E-state index in [1.807, 2.05) is 0 Å². The topological polar surface area (TPSA) is 27.3 Å². The van der Waals surface area contributed by atoms with Crippen molar-refractivity contribution in [1.82, 2.24) is 15.5 Å². The Balaban J connectivity index is 2.26. The van der Waals surface area contributed by atoms with Gasteiger partial charge in [-0.2, -0.15) is 0 Å². The van der Waals surface area contributed by atoms with Crippen LogP contribution in [0.15, 0.2) is 11.5 Å². The molecule has 0 spiro atoms. The van der Waals surface area contributed by atoms with E-state index < -0.39 is 0 Å². The first-order chi connectivity index (χ1) is 5.79. The van der Waals surface area contributed by atoms with Crippen LogP contribution in [0.25, 0.3) is 0 Å². The van der Waals surface area contributed by atoms with Gasteiger partial charge in [-0.1, -0.05) is 13.8 Å². The van der Waals surface area contributed by atoms with Gasteiger partial charge in [-0.05, 0) is 5.92 Å². The minimum atomic E-state index is 0.605. The molecule has 3 heteroatoms. The predicted molar refractivity (Wildman–Crippen MR) is 49.4 cm³/mol. The van der Waals surface area contributed by atoms with Crippen LogP contribution in [0, 0.1) is 5.92 Å². The van der Waals surface area contributed by atoms with Crippen molar-refractivity contribution in [3.05, 3.63) is 11.5 Å². The summed E-state index contributed by atoms with van der Waals surface area (Å²) < 4.78 is 0. The lowest BCUT2D eigenvalue weighted by molar-refractivity contribution is 0.350. The van der Waals surface area contributed by atoms with Gasteiger partial charge < -0.3 is 15.5 Å². The van der Waals surface area contributed by atoms with E-state index in [2.05, 4.69) is 29.4 Å². The molecule has 0 amide bonds. The van der Waals surface area contributed by atoms with E-state index in [0.717, 1.165) is 19.6 Å². The first-order valence-electron chi connectivity index (χ1n) is 4.76. The molecule has 3 nitrogen and oxygen atoms in total. The second-order valence-corrected chi connectivity index (χ2v) is 3.76. The number of hydrogen-bond donors (Lipinski definition) is 2. The molecule has 0 atom stereocenters. The molecule has 0 aromatic heterocycles. The molecule has 0 saturated carbocycles. The van der Waals surface area contributed by atoms with Gasteiger partial charge in [0.2, 0.25) is 0 Å². The Bertz CT molecular complexity index is 208. The normalized spacial score (nSPS) is 22.4. The molecule has 2 rings (SSSR count). The summed E-state index contributed by atoms with van der Waals surface area (Å²) in [5.41, 5.74) is 1.39. The van der Waals surface area contributed by atoms with Crippen LogP contribution in [0.5, 0.6) is 0 Å². The molecule has 68 valence electrons. The monoisotopic (exact) mass is 167 g/mol. The molecule has 0 radical (unpaired) electrons. The van der Waals surface area contributed by atoms with E-state index in [0.29, 0.717) is 5.92 Å². The Kier molecular flexibility index (Phi) is 1.87. The number of hydrogen-bond acceptors (Lipinski definition) is 3. The Morgan fingerprint density at radius 3 is 2.50 bits per heavy atom. The fourth-order valence-corrected chi connectivity index (χ4v) is 1.91. The van der Waals surface area contributed by atoms with Gasteiger partial charge in [-0.3, -0.25) is 0 Å². The van der Waals surface area contributed by atoms with E-state index in [1.165, 1.54) is 18.1 Å². The number of nitrogens with one attached hydrogen (secondary N) is 2. The first kappa shape index (κ1) is 7.77. The Morgan fingerprint density at radius 2 is 1.83 bits per heavy atom. The summed E-state index contributed by atoms with van der Waals surface area (Å²) in [4.78, 5) is 2.44. The Labute approximate surface area is 73.8 Å². The average Bonchev–Trinajstić information content (AvgIpc) is 2.49. The van der Waals surface area contributed by atoms with Gasteiger partial charge in [0.15, 0.2) is 0 Å². The lowest BCUT2D eigenvalue weighted by Gasteiger charge is -2.30.